The monoisotopic (exact) mass is 413 g/mol. The molecule has 1 amide bonds. The smallest absolute Gasteiger partial charge is 0.267 e. The molecule has 0 aromatic heterocycles. The molecule has 0 aliphatic carbocycles. The van der Waals surface area contributed by atoms with Crippen molar-refractivity contribution < 1.29 is 19.0 Å². The minimum absolute atomic E-state index is 0.0480. The number of fused-ring (bicyclic) bond motifs is 1. The summed E-state index contributed by atoms with van der Waals surface area (Å²) in [4.78, 5) is 16.7. The summed E-state index contributed by atoms with van der Waals surface area (Å²) in [5, 5.41) is 3.88. The summed E-state index contributed by atoms with van der Waals surface area (Å²) < 4.78 is 16.7. The molecule has 2 aromatic rings. The van der Waals surface area contributed by atoms with Gasteiger partial charge in [0.2, 0.25) is 6.10 Å². The van der Waals surface area contributed by atoms with Gasteiger partial charge in [-0.2, -0.15) is 0 Å². The van der Waals surface area contributed by atoms with E-state index in [0.29, 0.717) is 42.8 Å². The fraction of sp³-hybridized carbons (Fsp3) is 0.333. The zero-order valence-corrected chi connectivity index (χ0v) is 17.0. The average molecular weight is 413 g/mol. The highest BCUT2D eigenvalue weighted by Crippen LogP contribution is 2.31. The summed E-state index contributed by atoms with van der Waals surface area (Å²) in [6.07, 6.45) is -0.610. The van der Waals surface area contributed by atoms with Crippen molar-refractivity contribution in [2.24, 2.45) is 0 Å². The predicted molar refractivity (Wildman–Crippen MR) is 114 cm³/mol. The summed E-state index contributed by atoms with van der Waals surface area (Å²) in [5.41, 5.74) is 0.903. The molecule has 1 atom stereocenters. The number of para-hydroxylation sites is 2. The van der Waals surface area contributed by atoms with Crippen LogP contribution in [0.2, 0.25) is 0 Å². The molecule has 2 aliphatic heterocycles. The SMILES string of the molecule is COc1ccc(NC(=S)N2CCN(C(=O)[C@H]3COc4ccccc4O3)CC2)cc1. The number of nitrogens with zero attached hydrogens (tertiary/aromatic N) is 2. The Morgan fingerprint density at radius 3 is 2.38 bits per heavy atom. The number of piperazine rings is 1. The van der Waals surface area contributed by atoms with Gasteiger partial charge in [0.05, 0.1) is 7.11 Å². The molecule has 1 fully saturated rings. The van der Waals surface area contributed by atoms with Crippen LogP contribution in [0.1, 0.15) is 0 Å². The fourth-order valence-corrected chi connectivity index (χ4v) is 3.65. The number of nitrogens with one attached hydrogen (secondary N) is 1. The molecule has 1 saturated heterocycles. The Hall–Kier alpha value is -3.00. The normalized spacial score (nSPS) is 18.2. The molecule has 0 unspecified atom stereocenters. The molecule has 0 saturated carbocycles. The fourth-order valence-electron chi connectivity index (χ4n) is 3.35. The minimum atomic E-state index is -0.610. The maximum absolute atomic E-state index is 12.8. The van der Waals surface area contributed by atoms with Crippen LogP contribution in [0.15, 0.2) is 48.5 Å². The second kappa shape index (κ2) is 8.57. The number of thiocarbonyl (C=S) groups is 1. The molecule has 4 rings (SSSR count). The Bertz CT molecular complexity index is 882. The highest BCUT2D eigenvalue weighted by atomic mass is 32.1. The molecule has 0 bridgehead atoms. The lowest BCUT2D eigenvalue weighted by atomic mass is 10.2. The number of carbonyl (C=O) groups is 1. The van der Waals surface area contributed by atoms with Crippen LogP contribution in [-0.4, -0.2) is 66.8 Å². The van der Waals surface area contributed by atoms with Gasteiger partial charge in [0.15, 0.2) is 16.6 Å². The zero-order valence-electron chi connectivity index (χ0n) is 16.2. The van der Waals surface area contributed by atoms with Gasteiger partial charge in [0, 0.05) is 31.9 Å². The zero-order chi connectivity index (χ0) is 20.2. The summed E-state index contributed by atoms with van der Waals surface area (Å²) in [5.74, 6) is 2.04. The van der Waals surface area contributed by atoms with Crippen LogP contribution < -0.4 is 19.5 Å². The first kappa shape index (κ1) is 19.3. The summed E-state index contributed by atoms with van der Waals surface area (Å²) in [6, 6.07) is 15.0. The number of rotatable bonds is 3. The molecular formula is C21H23N3O4S. The highest BCUT2D eigenvalue weighted by molar-refractivity contribution is 7.80. The van der Waals surface area contributed by atoms with Crippen LogP contribution in [0.25, 0.3) is 0 Å². The van der Waals surface area contributed by atoms with Crippen molar-refractivity contribution in [1.82, 2.24) is 9.80 Å². The van der Waals surface area contributed by atoms with E-state index >= 15 is 0 Å². The second-order valence-corrected chi connectivity index (χ2v) is 7.22. The molecule has 0 radical (unpaired) electrons. The van der Waals surface area contributed by atoms with Crippen molar-refractivity contribution in [3.63, 3.8) is 0 Å². The number of carbonyl (C=O) groups excluding carboxylic acids is 1. The second-order valence-electron chi connectivity index (χ2n) is 6.84. The summed E-state index contributed by atoms with van der Waals surface area (Å²) >= 11 is 5.53. The van der Waals surface area contributed by atoms with Gasteiger partial charge in [-0.25, -0.2) is 0 Å². The third-order valence-electron chi connectivity index (χ3n) is 5.00. The largest absolute Gasteiger partial charge is 0.497 e. The van der Waals surface area contributed by atoms with E-state index in [2.05, 4.69) is 10.2 Å². The standard InChI is InChI=1S/C21H23N3O4S/c1-26-16-8-6-15(7-9-16)22-21(29)24-12-10-23(11-13-24)20(25)19-14-27-17-4-2-3-5-18(17)28-19/h2-9,19H,10-14H2,1H3,(H,22,29)/t19-/m1/s1. The van der Waals surface area contributed by atoms with Gasteiger partial charge in [-0.05, 0) is 48.6 Å². The molecule has 29 heavy (non-hydrogen) atoms. The van der Waals surface area contributed by atoms with E-state index < -0.39 is 6.10 Å². The lowest BCUT2D eigenvalue weighted by Gasteiger charge is -2.38. The Morgan fingerprint density at radius 1 is 1.03 bits per heavy atom. The van der Waals surface area contributed by atoms with Crippen molar-refractivity contribution >= 4 is 28.9 Å². The van der Waals surface area contributed by atoms with Gasteiger partial charge in [0.1, 0.15) is 12.4 Å². The first-order valence-electron chi connectivity index (χ1n) is 9.51. The molecule has 152 valence electrons. The van der Waals surface area contributed by atoms with Crippen molar-refractivity contribution in [3.8, 4) is 17.2 Å². The van der Waals surface area contributed by atoms with E-state index in [4.69, 9.17) is 26.4 Å². The van der Waals surface area contributed by atoms with Crippen LogP contribution >= 0.6 is 12.2 Å². The Morgan fingerprint density at radius 2 is 1.69 bits per heavy atom. The lowest BCUT2D eigenvalue weighted by molar-refractivity contribution is -0.142. The molecule has 7 nitrogen and oxygen atoms in total. The number of ether oxygens (including phenoxy) is 3. The minimum Gasteiger partial charge on any atom is -0.497 e. The molecule has 2 heterocycles. The third-order valence-corrected chi connectivity index (χ3v) is 5.36. The maximum atomic E-state index is 12.8. The van der Waals surface area contributed by atoms with Crippen molar-refractivity contribution in [2.75, 3.05) is 45.2 Å². The first-order chi connectivity index (χ1) is 14.1. The predicted octanol–water partition coefficient (Wildman–Crippen LogP) is 2.38. The number of hydrogen-bond acceptors (Lipinski definition) is 5. The van der Waals surface area contributed by atoms with Crippen molar-refractivity contribution in [2.45, 2.75) is 6.10 Å². The lowest BCUT2D eigenvalue weighted by Crippen LogP contribution is -2.55. The van der Waals surface area contributed by atoms with E-state index in [9.17, 15) is 4.79 Å². The van der Waals surface area contributed by atoms with Crippen molar-refractivity contribution in [3.05, 3.63) is 48.5 Å². The number of anilines is 1. The number of benzene rings is 2. The van der Waals surface area contributed by atoms with E-state index in [1.807, 2.05) is 53.4 Å². The number of methoxy groups -OCH3 is 1. The quantitative estimate of drug-likeness (QED) is 0.775. The molecular weight excluding hydrogens is 390 g/mol. The van der Waals surface area contributed by atoms with E-state index in [0.717, 1.165) is 11.4 Å². The highest BCUT2D eigenvalue weighted by Gasteiger charge is 2.33. The van der Waals surface area contributed by atoms with Gasteiger partial charge in [-0.1, -0.05) is 12.1 Å². The molecule has 2 aliphatic rings. The van der Waals surface area contributed by atoms with Gasteiger partial charge in [-0.15, -0.1) is 0 Å². The van der Waals surface area contributed by atoms with Gasteiger partial charge in [-0.3, -0.25) is 4.79 Å². The van der Waals surface area contributed by atoms with E-state index in [1.54, 1.807) is 7.11 Å². The molecule has 2 aromatic carbocycles. The van der Waals surface area contributed by atoms with E-state index in [-0.39, 0.29) is 12.5 Å². The van der Waals surface area contributed by atoms with Crippen LogP contribution in [0.4, 0.5) is 5.69 Å². The molecule has 1 N–H and O–H groups in total. The summed E-state index contributed by atoms with van der Waals surface area (Å²) in [7, 11) is 1.64. The Kier molecular flexibility index (Phi) is 5.71. The van der Waals surface area contributed by atoms with Gasteiger partial charge >= 0.3 is 0 Å². The first-order valence-corrected chi connectivity index (χ1v) is 9.92. The number of hydrogen-bond donors (Lipinski definition) is 1. The van der Waals surface area contributed by atoms with Crippen molar-refractivity contribution in [1.29, 1.82) is 0 Å². The molecule has 0 spiro atoms. The Labute approximate surface area is 175 Å². The van der Waals surface area contributed by atoms with E-state index in [1.165, 1.54) is 0 Å². The van der Waals surface area contributed by atoms with Crippen LogP contribution in [0.5, 0.6) is 17.2 Å². The van der Waals surface area contributed by atoms with Gasteiger partial charge < -0.3 is 29.3 Å². The Balaban J connectivity index is 1.28. The number of amides is 1. The molecule has 8 heteroatoms. The third kappa shape index (κ3) is 4.37. The van der Waals surface area contributed by atoms with Crippen LogP contribution in [0, 0.1) is 0 Å². The van der Waals surface area contributed by atoms with Gasteiger partial charge in [0.25, 0.3) is 5.91 Å². The maximum Gasteiger partial charge on any atom is 0.267 e. The van der Waals surface area contributed by atoms with Crippen LogP contribution in [-0.2, 0) is 4.79 Å². The average Bonchev–Trinajstić information content (AvgIpc) is 2.79. The van der Waals surface area contributed by atoms with Crippen LogP contribution in [0.3, 0.4) is 0 Å². The topological polar surface area (TPSA) is 63.3 Å². The summed E-state index contributed by atoms with van der Waals surface area (Å²) in [6.45, 7) is 2.73.